The fourth-order valence-electron chi connectivity index (χ4n) is 2.38. The number of carbonyl (C=O) groups is 3. The average Bonchev–Trinajstić information content (AvgIpc) is 3.15. The summed E-state index contributed by atoms with van der Waals surface area (Å²) in [7, 11) is 0. The molecular weight excluding hydrogens is 371 g/mol. The Morgan fingerprint density at radius 3 is 2.56 bits per heavy atom. The Labute approximate surface area is 160 Å². The molecule has 0 bridgehead atoms. The Morgan fingerprint density at radius 2 is 1.93 bits per heavy atom. The van der Waals surface area contributed by atoms with Gasteiger partial charge in [0.1, 0.15) is 5.82 Å². The summed E-state index contributed by atoms with van der Waals surface area (Å²) >= 11 is 1.42. The third kappa shape index (κ3) is 7.57. The highest BCUT2D eigenvalue weighted by Gasteiger charge is 2.19. The normalized spacial score (nSPS) is 11.5. The van der Waals surface area contributed by atoms with E-state index >= 15 is 0 Å². The first-order valence-electron chi connectivity index (χ1n) is 8.41. The average molecular weight is 392 g/mol. The number of carbonyl (C=O) groups excluding carboxylic acids is 3. The monoisotopic (exact) mass is 392 g/mol. The molecule has 0 aliphatic rings. The maximum atomic E-state index is 12.8. The predicted molar refractivity (Wildman–Crippen MR) is 99.6 cm³/mol. The second-order valence-corrected chi connectivity index (χ2v) is 6.84. The summed E-state index contributed by atoms with van der Waals surface area (Å²) in [5.41, 5.74) is 0.891. The molecule has 0 saturated heterocycles. The zero-order chi connectivity index (χ0) is 19.6. The molecule has 1 atom stereocenters. The van der Waals surface area contributed by atoms with E-state index in [4.69, 9.17) is 4.74 Å². The number of hydrogen-bond acceptors (Lipinski definition) is 5. The van der Waals surface area contributed by atoms with Gasteiger partial charge in [-0.15, -0.1) is 11.3 Å². The summed E-state index contributed by atoms with van der Waals surface area (Å²) in [5.74, 6) is -1.55. The minimum Gasteiger partial charge on any atom is -0.456 e. The number of amides is 2. The fraction of sp³-hybridized carbons (Fsp3) is 0.316. The molecule has 2 rings (SSSR count). The first-order valence-corrected chi connectivity index (χ1v) is 9.29. The molecule has 2 amide bonds. The van der Waals surface area contributed by atoms with E-state index in [-0.39, 0.29) is 24.8 Å². The molecule has 6 nitrogen and oxygen atoms in total. The van der Waals surface area contributed by atoms with E-state index in [2.05, 4.69) is 10.6 Å². The first kappa shape index (κ1) is 20.6. The van der Waals surface area contributed by atoms with Gasteiger partial charge in [-0.25, -0.2) is 4.39 Å². The lowest BCUT2D eigenvalue weighted by Crippen LogP contribution is -2.32. The molecule has 1 aromatic carbocycles. The molecule has 0 saturated carbocycles. The van der Waals surface area contributed by atoms with Gasteiger partial charge in [-0.1, -0.05) is 18.2 Å². The van der Waals surface area contributed by atoms with Crippen LogP contribution in [0.2, 0.25) is 0 Å². The van der Waals surface area contributed by atoms with Gasteiger partial charge in [0.2, 0.25) is 5.91 Å². The van der Waals surface area contributed by atoms with Crippen molar-refractivity contribution in [1.82, 2.24) is 10.6 Å². The number of benzene rings is 1. The van der Waals surface area contributed by atoms with Crippen molar-refractivity contribution >= 4 is 29.1 Å². The molecule has 1 heterocycles. The summed E-state index contributed by atoms with van der Waals surface area (Å²) in [6, 6.07) is 9.19. The number of rotatable bonds is 9. The van der Waals surface area contributed by atoms with Crippen LogP contribution in [0.15, 0.2) is 41.8 Å². The molecule has 0 radical (unpaired) electrons. The van der Waals surface area contributed by atoms with Gasteiger partial charge in [-0.2, -0.15) is 0 Å². The highest BCUT2D eigenvalue weighted by atomic mass is 32.1. The van der Waals surface area contributed by atoms with Gasteiger partial charge in [0.25, 0.3) is 5.91 Å². The Hall–Kier alpha value is -2.74. The van der Waals surface area contributed by atoms with Crippen LogP contribution in [0, 0.1) is 5.82 Å². The highest BCUT2D eigenvalue weighted by molar-refractivity contribution is 7.10. The summed E-state index contributed by atoms with van der Waals surface area (Å²) in [6.45, 7) is 1.34. The molecule has 1 aromatic heterocycles. The van der Waals surface area contributed by atoms with Crippen molar-refractivity contribution in [2.45, 2.75) is 25.8 Å². The summed E-state index contributed by atoms with van der Waals surface area (Å²) in [4.78, 5) is 35.9. The summed E-state index contributed by atoms with van der Waals surface area (Å²) in [5, 5.41) is 7.19. The van der Waals surface area contributed by atoms with Crippen molar-refractivity contribution in [3.8, 4) is 0 Å². The van der Waals surface area contributed by atoms with Crippen LogP contribution < -0.4 is 10.6 Å². The van der Waals surface area contributed by atoms with Crippen LogP contribution >= 0.6 is 11.3 Å². The third-order valence-corrected chi connectivity index (χ3v) is 4.63. The van der Waals surface area contributed by atoms with Crippen LogP contribution in [0.4, 0.5) is 4.39 Å². The van der Waals surface area contributed by atoms with Crippen LogP contribution in [0.3, 0.4) is 0 Å². The Kier molecular flexibility index (Phi) is 7.94. The molecule has 0 fully saturated rings. The second kappa shape index (κ2) is 10.4. The van der Waals surface area contributed by atoms with Crippen LogP contribution in [0.25, 0.3) is 0 Å². The highest BCUT2D eigenvalue weighted by Crippen LogP contribution is 2.22. The number of halogens is 1. The third-order valence-electron chi connectivity index (χ3n) is 3.65. The zero-order valence-electron chi connectivity index (χ0n) is 14.9. The van der Waals surface area contributed by atoms with E-state index in [1.807, 2.05) is 17.5 Å². The molecular formula is C19H21FN2O4S. The van der Waals surface area contributed by atoms with Crippen molar-refractivity contribution in [2.24, 2.45) is 0 Å². The van der Waals surface area contributed by atoms with Crippen LogP contribution in [-0.2, 0) is 25.5 Å². The molecule has 27 heavy (non-hydrogen) atoms. The molecule has 0 spiro atoms. The Balaban J connectivity index is 1.71. The summed E-state index contributed by atoms with van der Waals surface area (Å²) < 4.78 is 17.8. The maximum Gasteiger partial charge on any atom is 0.308 e. The van der Waals surface area contributed by atoms with Crippen molar-refractivity contribution in [2.75, 3.05) is 13.2 Å². The van der Waals surface area contributed by atoms with Crippen molar-refractivity contribution in [3.05, 3.63) is 58.0 Å². The first-order chi connectivity index (χ1) is 12.9. The molecule has 8 heteroatoms. The molecule has 0 aliphatic carbocycles. The van der Waals surface area contributed by atoms with Gasteiger partial charge in [-0.05, 0) is 35.6 Å². The van der Waals surface area contributed by atoms with Gasteiger partial charge in [-0.3, -0.25) is 14.4 Å². The predicted octanol–water partition coefficient (Wildman–Crippen LogP) is 2.36. The van der Waals surface area contributed by atoms with E-state index < -0.39 is 17.9 Å². The van der Waals surface area contributed by atoms with Gasteiger partial charge >= 0.3 is 5.97 Å². The lowest BCUT2D eigenvalue weighted by atomic mass is 10.1. The molecule has 0 aliphatic heterocycles. The smallest absolute Gasteiger partial charge is 0.308 e. The van der Waals surface area contributed by atoms with Gasteiger partial charge in [0, 0.05) is 18.3 Å². The van der Waals surface area contributed by atoms with Crippen LogP contribution in [0.5, 0.6) is 0 Å². The fourth-order valence-corrected chi connectivity index (χ4v) is 3.16. The van der Waals surface area contributed by atoms with Crippen LogP contribution in [-0.4, -0.2) is 30.9 Å². The van der Waals surface area contributed by atoms with Crippen LogP contribution in [0.1, 0.15) is 29.8 Å². The SMILES string of the molecule is CC(=O)NC(CC(=O)OCC(=O)NCCc1ccc(F)cc1)c1cccs1. The molecule has 2 aromatic rings. The molecule has 1 unspecified atom stereocenters. The number of esters is 1. The number of thiophene rings is 1. The van der Waals surface area contributed by atoms with Gasteiger partial charge in [0.15, 0.2) is 6.61 Å². The van der Waals surface area contributed by atoms with Crippen molar-refractivity contribution in [3.63, 3.8) is 0 Å². The quantitative estimate of drug-likeness (QED) is 0.642. The number of hydrogen-bond donors (Lipinski definition) is 2. The Morgan fingerprint density at radius 1 is 1.19 bits per heavy atom. The standard InChI is InChI=1S/C19H21FN2O4S/c1-13(23)22-16(17-3-2-10-27-17)11-19(25)26-12-18(24)21-9-8-14-4-6-15(20)7-5-14/h2-7,10,16H,8-9,11-12H2,1H3,(H,21,24)(H,22,23). The van der Waals surface area contributed by atoms with E-state index in [9.17, 15) is 18.8 Å². The minimum absolute atomic E-state index is 0.0526. The van der Waals surface area contributed by atoms with Gasteiger partial charge < -0.3 is 15.4 Å². The topological polar surface area (TPSA) is 84.5 Å². The number of ether oxygens (including phenoxy) is 1. The lowest BCUT2D eigenvalue weighted by Gasteiger charge is -2.15. The Bertz CT molecular complexity index is 763. The summed E-state index contributed by atoms with van der Waals surface area (Å²) in [6.07, 6.45) is 0.492. The van der Waals surface area contributed by atoms with E-state index in [1.165, 1.54) is 30.4 Å². The second-order valence-electron chi connectivity index (χ2n) is 5.86. The van der Waals surface area contributed by atoms with E-state index in [1.54, 1.807) is 12.1 Å². The molecule has 144 valence electrons. The van der Waals surface area contributed by atoms with Gasteiger partial charge in [0.05, 0.1) is 12.5 Å². The lowest BCUT2D eigenvalue weighted by molar-refractivity contribution is -0.149. The number of nitrogens with one attached hydrogen (secondary N) is 2. The van der Waals surface area contributed by atoms with E-state index in [0.717, 1.165) is 10.4 Å². The van der Waals surface area contributed by atoms with E-state index in [0.29, 0.717) is 13.0 Å². The zero-order valence-corrected chi connectivity index (χ0v) is 15.7. The largest absolute Gasteiger partial charge is 0.456 e. The molecule has 2 N–H and O–H groups in total. The van der Waals surface area contributed by atoms with Crippen molar-refractivity contribution in [1.29, 1.82) is 0 Å². The minimum atomic E-state index is -0.573. The maximum absolute atomic E-state index is 12.8. The van der Waals surface area contributed by atoms with Crippen molar-refractivity contribution < 1.29 is 23.5 Å².